The van der Waals surface area contributed by atoms with E-state index < -0.39 is 0 Å². The molecule has 1 fully saturated rings. The number of hydrogen-bond donors (Lipinski definition) is 0. The van der Waals surface area contributed by atoms with Crippen molar-refractivity contribution < 1.29 is 4.74 Å². The van der Waals surface area contributed by atoms with Gasteiger partial charge in [-0.1, -0.05) is 0 Å². The van der Waals surface area contributed by atoms with Crippen molar-refractivity contribution in [1.82, 2.24) is 24.2 Å². The van der Waals surface area contributed by atoms with Gasteiger partial charge in [0.05, 0.1) is 31.2 Å². The highest BCUT2D eigenvalue weighted by molar-refractivity contribution is 5.30. The molecule has 122 valence electrons. The van der Waals surface area contributed by atoms with Crippen LogP contribution in [0.3, 0.4) is 0 Å². The fourth-order valence-corrected chi connectivity index (χ4v) is 2.81. The monoisotopic (exact) mass is 314 g/mol. The molecule has 0 unspecified atom stereocenters. The van der Waals surface area contributed by atoms with Crippen molar-refractivity contribution in [2.75, 3.05) is 45.9 Å². The van der Waals surface area contributed by atoms with Gasteiger partial charge in [0.15, 0.2) is 0 Å². The van der Waals surface area contributed by atoms with Gasteiger partial charge < -0.3 is 4.74 Å². The Hall–Kier alpha value is -2.01. The van der Waals surface area contributed by atoms with Crippen molar-refractivity contribution in [2.24, 2.45) is 0 Å². The molecule has 0 atom stereocenters. The Morgan fingerprint density at radius 1 is 1.26 bits per heavy atom. The first kappa shape index (κ1) is 15.9. The SMILES string of the molecule is N#CCCN(CCN1CCOCC1)Cc1cnc2ncccn12. The quantitative estimate of drug-likeness (QED) is 0.752. The molecule has 0 aromatic carbocycles. The normalized spacial score (nSPS) is 16.0. The van der Waals surface area contributed by atoms with Crippen molar-refractivity contribution in [2.45, 2.75) is 13.0 Å². The third kappa shape index (κ3) is 4.26. The molecule has 2 aromatic rings. The van der Waals surface area contributed by atoms with Crippen LogP contribution in [0.4, 0.5) is 0 Å². The Balaban J connectivity index is 1.62. The van der Waals surface area contributed by atoms with E-state index in [1.165, 1.54) is 0 Å². The largest absolute Gasteiger partial charge is 0.379 e. The molecule has 0 spiro atoms. The minimum atomic E-state index is 0.540. The Labute approximate surface area is 136 Å². The first-order chi connectivity index (χ1) is 11.4. The highest BCUT2D eigenvalue weighted by Gasteiger charge is 2.14. The summed E-state index contributed by atoms with van der Waals surface area (Å²) in [6, 6.07) is 4.15. The number of hydrogen-bond acceptors (Lipinski definition) is 6. The van der Waals surface area contributed by atoms with E-state index in [4.69, 9.17) is 10.00 Å². The molecule has 3 rings (SSSR count). The number of nitrogens with zero attached hydrogens (tertiary/aromatic N) is 6. The van der Waals surface area contributed by atoms with Crippen molar-refractivity contribution in [3.63, 3.8) is 0 Å². The smallest absolute Gasteiger partial charge is 0.233 e. The van der Waals surface area contributed by atoms with E-state index in [2.05, 4.69) is 25.8 Å². The van der Waals surface area contributed by atoms with Crippen molar-refractivity contribution in [3.8, 4) is 6.07 Å². The molecule has 0 saturated carbocycles. The van der Waals surface area contributed by atoms with Crippen LogP contribution in [0.1, 0.15) is 12.1 Å². The summed E-state index contributed by atoms with van der Waals surface area (Å²) in [6.07, 6.45) is 6.14. The maximum atomic E-state index is 8.90. The highest BCUT2D eigenvalue weighted by atomic mass is 16.5. The van der Waals surface area contributed by atoms with Gasteiger partial charge in [0, 0.05) is 58.1 Å². The molecule has 1 aliphatic heterocycles. The molecule has 0 radical (unpaired) electrons. The first-order valence-electron chi connectivity index (χ1n) is 8.03. The summed E-state index contributed by atoms with van der Waals surface area (Å²) >= 11 is 0. The summed E-state index contributed by atoms with van der Waals surface area (Å²) in [5.74, 6) is 0.718. The second kappa shape index (κ2) is 8.02. The van der Waals surface area contributed by atoms with Gasteiger partial charge in [0.2, 0.25) is 5.78 Å². The van der Waals surface area contributed by atoms with Gasteiger partial charge in [-0.3, -0.25) is 14.2 Å². The van der Waals surface area contributed by atoms with E-state index in [-0.39, 0.29) is 0 Å². The van der Waals surface area contributed by atoms with Crippen LogP contribution >= 0.6 is 0 Å². The van der Waals surface area contributed by atoms with Crippen LogP contribution in [-0.4, -0.2) is 70.1 Å². The second-order valence-corrected chi connectivity index (χ2v) is 5.68. The predicted molar refractivity (Wildman–Crippen MR) is 85.8 cm³/mol. The van der Waals surface area contributed by atoms with Gasteiger partial charge in [-0.25, -0.2) is 9.97 Å². The van der Waals surface area contributed by atoms with Crippen LogP contribution in [0.2, 0.25) is 0 Å². The molecule has 23 heavy (non-hydrogen) atoms. The number of fused-ring (bicyclic) bond motifs is 1. The van der Waals surface area contributed by atoms with Crippen LogP contribution < -0.4 is 0 Å². The lowest BCUT2D eigenvalue weighted by Crippen LogP contribution is -2.41. The predicted octanol–water partition coefficient (Wildman–Crippen LogP) is 0.777. The number of nitriles is 1. The fourth-order valence-electron chi connectivity index (χ4n) is 2.81. The van der Waals surface area contributed by atoms with Gasteiger partial charge >= 0.3 is 0 Å². The van der Waals surface area contributed by atoms with Gasteiger partial charge in [-0.15, -0.1) is 0 Å². The fraction of sp³-hybridized carbons (Fsp3) is 0.562. The molecular weight excluding hydrogens is 292 g/mol. The van der Waals surface area contributed by atoms with Crippen molar-refractivity contribution in [1.29, 1.82) is 5.26 Å². The van der Waals surface area contributed by atoms with Crippen LogP contribution in [0.25, 0.3) is 5.78 Å². The zero-order valence-corrected chi connectivity index (χ0v) is 13.3. The number of rotatable bonds is 7. The van der Waals surface area contributed by atoms with Crippen molar-refractivity contribution >= 4 is 5.78 Å². The zero-order chi connectivity index (χ0) is 15.9. The van der Waals surface area contributed by atoms with Gasteiger partial charge in [0.1, 0.15) is 0 Å². The Bertz CT molecular complexity index is 658. The van der Waals surface area contributed by atoms with E-state index in [1.54, 1.807) is 6.20 Å². The maximum Gasteiger partial charge on any atom is 0.233 e. The molecule has 3 heterocycles. The number of morpholine rings is 1. The molecule has 2 aromatic heterocycles. The molecule has 1 saturated heterocycles. The Kier molecular flexibility index (Phi) is 5.53. The average Bonchev–Trinajstić information content (AvgIpc) is 3.01. The number of aromatic nitrogens is 3. The molecule has 0 N–H and O–H groups in total. The molecule has 1 aliphatic rings. The topological polar surface area (TPSA) is 69.7 Å². The molecule has 7 nitrogen and oxygen atoms in total. The van der Waals surface area contributed by atoms with Crippen LogP contribution in [0, 0.1) is 11.3 Å². The van der Waals surface area contributed by atoms with Crippen molar-refractivity contribution in [3.05, 3.63) is 30.4 Å². The maximum absolute atomic E-state index is 8.90. The van der Waals surface area contributed by atoms with E-state index >= 15 is 0 Å². The van der Waals surface area contributed by atoms with Crippen LogP contribution in [0.5, 0.6) is 0 Å². The van der Waals surface area contributed by atoms with E-state index in [1.807, 2.05) is 22.9 Å². The van der Waals surface area contributed by atoms with Gasteiger partial charge in [-0.05, 0) is 6.07 Å². The van der Waals surface area contributed by atoms with Crippen LogP contribution in [-0.2, 0) is 11.3 Å². The summed E-state index contributed by atoms with van der Waals surface area (Å²) in [7, 11) is 0. The standard InChI is InChI=1S/C16H22N6O/c17-3-1-5-21(8-7-20-9-11-23-12-10-20)14-15-13-19-16-18-4-2-6-22(15)16/h2,4,6,13H,1,5,7-12,14H2. The highest BCUT2D eigenvalue weighted by Crippen LogP contribution is 2.08. The molecular formula is C16H22N6O. The van der Waals surface area contributed by atoms with Gasteiger partial charge in [0.25, 0.3) is 0 Å². The summed E-state index contributed by atoms with van der Waals surface area (Å²) < 4.78 is 7.40. The third-order valence-electron chi connectivity index (χ3n) is 4.13. The molecule has 0 aliphatic carbocycles. The molecule has 7 heteroatoms. The summed E-state index contributed by atoms with van der Waals surface area (Å²) in [5, 5.41) is 8.90. The summed E-state index contributed by atoms with van der Waals surface area (Å²) in [4.78, 5) is 13.3. The average molecular weight is 314 g/mol. The summed E-state index contributed by atoms with van der Waals surface area (Å²) in [5.41, 5.74) is 1.10. The van der Waals surface area contributed by atoms with E-state index in [0.29, 0.717) is 6.42 Å². The molecule has 0 bridgehead atoms. The number of ether oxygens (including phenoxy) is 1. The lowest BCUT2D eigenvalue weighted by atomic mass is 10.3. The van der Waals surface area contributed by atoms with Gasteiger partial charge in [-0.2, -0.15) is 5.26 Å². The third-order valence-corrected chi connectivity index (χ3v) is 4.13. The Morgan fingerprint density at radius 2 is 2.13 bits per heavy atom. The number of imidazole rings is 1. The zero-order valence-electron chi connectivity index (χ0n) is 13.3. The van der Waals surface area contributed by atoms with Crippen LogP contribution in [0.15, 0.2) is 24.7 Å². The lowest BCUT2D eigenvalue weighted by Gasteiger charge is -2.29. The van der Waals surface area contributed by atoms with E-state index in [0.717, 1.165) is 64.0 Å². The molecule has 0 amide bonds. The minimum Gasteiger partial charge on any atom is -0.379 e. The van der Waals surface area contributed by atoms with E-state index in [9.17, 15) is 0 Å². The summed E-state index contributed by atoms with van der Waals surface area (Å²) in [6.45, 7) is 7.11. The minimum absolute atomic E-state index is 0.540. The lowest BCUT2D eigenvalue weighted by molar-refractivity contribution is 0.0330. The second-order valence-electron chi connectivity index (χ2n) is 5.68. The Morgan fingerprint density at radius 3 is 2.96 bits per heavy atom. The first-order valence-corrected chi connectivity index (χ1v) is 8.03.